The predicted molar refractivity (Wildman–Crippen MR) is 70.9 cm³/mol. The number of benzene rings is 1. The van der Waals surface area contributed by atoms with Crippen LogP contribution in [0.4, 0.5) is 0 Å². The largest absolute Gasteiger partial charge is 0.352 e. The zero-order valence-corrected chi connectivity index (χ0v) is 10.5. The molecule has 0 saturated heterocycles. The SMILES string of the molecule is C#CCCCCNC(=O)c1cc(C)ccc1C. The number of carbonyl (C=O) groups is 1. The fourth-order valence-corrected chi connectivity index (χ4v) is 1.63. The standard InChI is InChI=1S/C15H19NO/c1-4-5-6-7-10-16-15(17)14-11-12(2)8-9-13(14)3/h1,8-9,11H,5-7,10H2,2-3H3,(H,16,17). The monoisotopic (exact) mass is 229 g/mol. The number of unbranched alkanes of at least 4 members (excludes halogenated alkanes) is 2. The molecule has 17 heavy (non-hydrogen) atoms. The number of carbonyl (C=O) groups excluding carboxylic acids is 1. The Morgan fingerprint density at radius 3 is 2.82 bits per heavy atom. The molecule has 2 heteroatoms. The third kappa shape index (κ3) is 4.32. The quantitative estimate of drug-likeness (QED) is 0.610. The molecule has 90 valence electrons. The van der Waals surface area contributed by atoms with Crippen molar-refractivity contribution in [3.05, 3.63) is 34.9 Å². The van der Waals surface area contributed by atoms with Gasteiger partial charge in [-0.15, -0.1) is 12.3 Å². The summed E-state index contributed by atoms with van der Waals surface area (Å²) in [7, 11) is 0. The fraction of sp³-hybridized carbons (Fsp3) is 0.400. The summed E-state index contributed by atoms with van der Waals surface area (Å²) in [5.74, 6) is 2.60. The highest BCUT2D eigenvalue weighted by atomic mass is 16.1. The molecule has 0 aliphatic heterocycles. The Morgan fingerprint density at radius 2 is 2.12 bits per heavy atom. The lowest BCUT2D eigenvalue weighted by atomic mass is 10.1. The van der Waals surface area contributed by atoms with Crippen LogP contribution >= 0.6 is 0 Å². The second kappa shape index (κ2) is 6.75. The first kappa shape index (κ1) is 13.3. The van der Waals surface area contributed by atoms with Gasteiger partial charge in [-0.3, -0.25) is 4.79 Å². The summed E-state index contributed by atoms with van der Waals surface area (Å²) in [4.78, 5) is 11.9. The van der Waals surface area contributed by atoms with Crippen LogP contribution in [0.2, 0.25) is 0 Å². The smallest absolute Gasteiger partial charge is 0.251 e. The van der Waals surface area contributed by atoms with Crippen molar-refractivity contribution in [2.45, 2.75) is 33.1 Å². The van der Waals surface area contributed by atoms with E-state index in [0.717, 1.165) is 36.0 Å². The first-order valence-electron chi connectivity index (χ1n) is 5.94. The molecule has 0 saturated carbocycles. The van der Waals surface area contributed by atoms with Gasteiger partial charge in [0, 0.05) is 18.5 Å². The van der Waals surface area contributed by atoms with E-state index in [1.165, 1.54) is 0 Å². The van der Waals surface area contributed by atoms with Crippen molar-refractivity contribution in [3.8, 4) is 12.3 Å². The van der Waals surface area contributed by atoms with Gasteiger partial charge in [0.1, 0.15) is 0 Å². The molecule has 0 heterocycles. The minimum Gasteiger partial charge on any atom is -0.352 e. The van der Waals surface area contributed by atoms with Gasteiger partial charge in [-0.05, 0) is 38.3 Å². The molecule has 0 radical (unpaired) electrons. The van der Waals surface area contributed by atoms with Gasteiger partial charge in [-0.1, -0.05) is 17.7 Å². The number of terminal acetylenes is 1. The first-order chi connectivity index (χ1) is 8.15. The lowest BCUT2D eigenvalue weighted by Gasteiger charge is -2.08. The number of aryl methyl sites for hydroxylation is 2. The van der Waals surface area contributed by atoms with Gasteiger partial charge < -0.3 is 5.32 Å². The number of amides is 1. The maximum absolute atomic E-state index is 11.9. The summed E-state index contributed by atoms with van der Waals surface area (Å²) in [6.45, 7) is 4.63. The fourth-order valence-electron chi connectivity index (χ4n) is 1.63. The summed E-state index contributed by atoms with van der Waals surface area (Å²) in [6.07, 6.45) is 7.83. The third-order valence-electron chi connectivity index (χ3n) is 2.67. The van der Waals surface area contributed by atoms with Crippen molar-refractivity contribution in [1.82, 2.24) is 5.32 Å². The van der Waals surface area contributed by atoms with Gasteiger partial charge in [-0.2, -0.15) is 0 Å². The average molecular weight is 229 g/mol. The second-order valence-electron chi connectivity index (χ2n) is 4.24. The highest BCUT2D eigenvalue weighted by Crippen LogP contribution is 2.10. The molecular formula is C15H19NO. The molecule has 0 bridgehead atoms. The summed E-state index contributed by atoms with van der Waals surface area (Å²) < 4.78 is 0. The van der Waals surface area contributed by atoms with Crippen LogP contribution in [0.25, 0.3) is 0 Å². The van der Waals surface area contributed by atoms with Crippen LogP contribution in [-0.2, 0) is 0 Å². The highest BCUT2D eigenvalue weighted by Gasteiger charge is 2.07. The van der Waals surface area contributed by atoms with E-state index in [1.807, 2.05) is 32.0 Å². The molecule has 0 atom stereocenters. The van der Waals surface area contributed by atoms with Crippen molar-refractivity contribution >= 4 is 5.91 Å². The lowest BCUT2D eigenvalue weighted by molar-refractivity contribution is 0.0952. The minimum atomic E-state index is 0.00640. The molecule has 1 N–H and O–H groups in total. The highest BCUT2D eigenvalue weighted by molar-refractivity contribution is 5.95. The zero-order chi connectivity index (χ0) is 12.7. The van der Waals surface area contributed by atoms with Crippen LogP contribution in [0.1, 0.15) is 40.7 Å². The van der Waals surface area contributed by atoms with Gasteiger partial charge in [-0.25, -0.2) is 0 Å². The van der Waals surface area contributed by atoms with Gasteiger partial charge >= 0.3 is 0 Å². The Bertz CT molecular complexity index is 429. The number of rotatable bonds is 5. The predicted octanol–water partition coefficient (Wildman–Crippen LogP) is 2.84. The summed E-state index contributed by atoms with van der Waals surface area (Å²) in [5.41, 5.74) is 2.88. The summed E-state index contributed by atoms with van der Waals surface area (Å²) >= 11 is 0. The van der Waals surface area contributed by atoms with Crippen molar-refractivity contribution in [2.75, 3.05) is 6.54 Å². The van der Waals surface area contributed by atoms with Crippen molar-refractivity contribution in [1.29, 1.82) is 0 Å². The molecule has 0 spiro atoms. The van der Waals surface area contributed by atoms with Gasteiger partial charge in [0.15, 0.2) is 0 Å². The van der Waals surface area contributed by atoms with Crippen LogP contribution < -0.4 is 5.32 Å². The topological polar surface area (TPSA) is 29.1 Å². The molecule has 0 unspecified atom stereocenters. The normalized spacial score (nSPS) is 9.71. The molecule has 1 aromatic carbocycles. The second-order valence-corrected chi connectivity index (χ2v) is 4.24. The van der Waals surface area contributed by atoms with Gasteiger partial charge in [0.2, 0.25) is 0 Å². The van der Waals surface area contributed by atoms with Gasteiger partial charge in [0.25, 0.3) is 5.91 Å². The van der Waals surface area contributed by atoms with E-state index in [2.05, 4.69) is 11.2 Å². The lowest BCUT2D eigenvalue weighted by Crippen LogP contribution is -2.25. The van der Waals surface area contributed by atoms with Crippen LogP contribution in [-0.4, -0.2) is 12.5 Å². The molecule has 0 aromatic heterocycles. The third-order valence-corrected chi connectivity index (χ3v) is 2.67. The van der Waals surface area contributed by atoms with Crippen LogP contribution in [0.5, 0.6) is 0 Å². The summed E-state index contributed by atoms with van der Waals surface area (Å²) in [6, 6.07) is 5.91. The summed E-state index contributed by atoms with van der Waals surface area (Å²) in [5, 5.41) is 2.92. The number of hydrogen-bond acceptors (Lipinski definition) is 1. The van der Waals surface area contributed by atoms with Crippen molar-refractivity contribution < 1.29 is 4.79 Å². The Balaban J connectivity index is 2.47. The molecule has 1 aromatic rings. The Hall–Kier alpha value is -1.75. The van der Waals surface area contributed by atoms with E-state index in [1.54, 1.807) is 0 Å². The van der Waals surface area contributed by atoms with E-state index in [4.69, 9.17) is 6.42 Å². The Morgan fingerprint density at radius 1 is 1.35 bits per heavy atom. The average Bonchev–Trinajstić information content (AvgIpc) is 2.32. The van der Waals surface area contributed by atoms with Crippen LogP contribution in [0, 0.1) is 26.2 Å². The minimum absolute atomic E-state index is 0.00640. The van der Waals surface area contributed by atoms with Crippen molar-refractivity contribution in [3.63, 3.8) is 0 Å². The van der Waals surface area contributed by atoms with E-state index in [0.29, 0.717) is 6.54 Å². The molecule has 1 amide bonds. The number of nitrogens with one attached hydrogen (secondary N) is 1. The van der Waals surface area contributed by atoms with Crippen LogP contribution in [0.3, 0.4) is 0 Å². The molecule has 2 nitrogen and oxygen atoms in total. The zero-order valence-electron chi connectivity index (χ0n) is 10.5. The maximum atomic E-state index is 11.9. The first-order valence-corrected chi connectivity index (χ1v) is 5.94. The molecule has 0 aliphatic rings. The van der Waals surface area contributed by atoms with E-state index < -0.39 is 0 Å². The molecule has 1 rings (SSSR count). The van der Waals surface area contributed by atoms with E-state index in [9.17, 15) is 4.79 Å². The van der Waals surface area contributed by atoms with Crippen molar-refractivity contribution in [2.24, 2.45) is 0 Å². The Labute approximate surface area is 103 Å². The molecule has 0 aliphatic carbocycles. The maximum Gasteiger partial charge on any atom is 0.251 e. The van der Waals surface area contributed by atoms with E-state index >= 15 is 0 Å². The van der Waals surface area contributed by atoms with Gasteiger partial charge in [0.05, 0.1) is 0 Å². The number of hydrogen-bond donors (Lipinski definition) is 1. The Kier molecular flexibility index (Phi) is 5.29. The van der Waals surface area contributed by atoms with Crippen LogP contribution in [0.15, 0.2) is 18.2 Å². The molecular weight excluding hydrogens is 210 g/mol. The van der Waals surface area contributed by atoms with E-state index in [-0.39, 0.29) is 5.91 Å². The molecule has 0 fully saturated rings.